The van der Waals surface area contributed by atoms with Crippen LogP contribution in [0.25, 0.3) is 27.8 Å². The molecule has 12 heteroatoms. The van der Waals surface area contributed by atoms with E-state index in [-0.39, 0.29) is 35.0 Å². The predicted octanol–water partition coefficient (Wildman–Crippen LogP) is 7.18. The van der Waals surface area contributed by atoms with Crippen LogP contribution in [0.3, 0.4) is 0 Å². The number of piperidine rings is 2. The number of carbonyl (C=O) groups is 3. The lowest BCUT2D eigenvalue weighted by molar-refractivity contribution is -0.133. The van der Waals surface area contributed by atoms with Crippen molar-refractivity contribution in [2.24, 2.45) is 0 Å². The first-order chi connectivity index (χ1) is 27.5. The van der Waals surface area contributed by atoms with E-state index in [9.17, 15) is 14.4 Å². The van der Waals surface area contributed by atoms with E-state index >= 15 is 0 Å². The van der Waals surface area contributed by atoms with E-state index in [4.69, 9.17) is 4.52 Å². The lowest BCUT2D eigenvalue weighted by atomic mass is 9.89. The maximum absolute atomic E-state index is 12.7. The smallest absolute Gasteiger partial charge is 0.292 e. The van der Waals surface area contributed by atoms with E-state index in [1.807, 2.05) is 62.7 Å². The molecule has 2 aliphatic heterocycles. The number of carbonyl (C=O) groups excluding carboxylic acids is 3. The highest BCUT2D eigenvalue weighted by atomic mass is 16.5. The zero-order valence-corrected chi connectivity index (χ0v) is 32.8. The largest absolute Gasteiger partial charge is 0.374 e. The van der Waals surface area contributed by atoms with Crippen LogP contribution >= 0.6 is 0 Å². The van der Waals surface area contributed by atoms with Crippen molar-refractivity contribution in [3.05, 3.63) is 125 Å². The van der Waals surface area contributed by atoms with Gasteiger partial charge in [-0.15, -0.1) is 0 Å². The molecule has 3 amide bonds. The first-order valence-corrected chi connectivity index (χ1v) is 19.7. The van der Waals surface area contributed by atoms with Crippen LogP contribution in [0.5, 0.6) is 0 Å². The molecule has 0 bridgehead atoms. The van der Waals surface area contributed by atoms with E-state index in [1.54, 1.807) is 0 Å². The molecule has 2 saturated heterocycles. The fourth-order valence-electron chi connectivity index (χ4n) is 7.72. The van der Waals surface area contributed by atoms with Crippen LogP contribution in [0.4, 0.5) is 5.69 Å². The van der Waals surface area contributed by atoms with Gasteiger partial charge in [-0.25, -0.2) is 4.52 Å². The average Bonchev–Trinajstić information content (AvgIpc) is 3.89. The van der Waals surface area contributed by atoms with E-state index in [0.717, 1.165) is 77.1 Å². The third-order valence-corrected chi connectivity index (χ3v) is 11.1. The van der Waals surface area contributed by atoms with Crippen molar-refractivity contribution in [3.63, 3.8) is 0 Å². The molecule has 3 N–H and O–H groups in total. The number of rotatable bonds is 10. The summed E-state index contributed by atoms with van der Waals surface area (Å²) in [6.45, 7) is 11.3. The molecular formula is C45H48N8O4. The Morgan fingerprint density at radius 2 is 1.67 bits per heavy atom. The predicted molar refractivity (Wildman–Crippen MR) is 218 cm³/mol. The van der Waals surface area contributed by atoms with Gasteiger partial charge in [-0.2, -0.15) is 10.1 Å². The molecule has 6 aromatic rings. The van der Waals surface area contributed by atoms with Gasteiger partial charge in [-0.3, -0.25) is 24.6 Å². The number of imide groups is 1. The summed E-state index contributed by atoms with van der Waals surface area (Å²) in [6, 6.07) is 27.4. The van der Waals surface area contributed by atoms with Crippen LogP contribution in [-0.2, 0) is 28.1 Å². The number of anilines is 1. The minimum Gasteiger partial charge on any atom is -0.374 e. The monoisotopic (exact) mass is 764 g/mol. The second-order valence-electron chi connectivity index (χ2n) is 16.3. The minimum atomic E-state index is -0.373. The van der Waals surface area contributed by atoms with Crippen molar-refractivity contribution >= 4 is 28.9 Å². The number of fused-ring (bicyclic) bond motifs is 1. The number of nitrogens with one attached hydrogen (secondary N) is 3. The number of aromatic nitrogens is 4. The summed E-state index contributed by atoms with van der Waals surface area (Å²) in [5, 5.41) is 17.1. The highest BCUT2D eigenvalue weighted by Crippen LogP contribution is 2.32. The molecular weight excluding hydrogens is 717 g/mol. The maximum Gasteiger partial charge on any atom is 0.292 e. The molecule has 1 atom stereocenters. The Morgan fingerprint density at radius 1 is 0.912 bits per heavy atom. The summed E-state index contributed by atoms with van der Waals surface area (Å²) in [4.78, 5) is 43.1. The number of amides is 3. The third kappa shape index (κ3) is 8.51. The molecule has 12 nitrogen and oxygen atoms in total. The average molecular weight is 765 g/mol. The fourth-order valence-corrected chi connectivity index (χ4v) is 7.72. The van der Waals surface area contributed by atoms with Gasteiger partial charge in [0.25, 0.3) is 11.7 Å². The lowest BCUT2D eigenvalue weighted by Gasteiger charge is -2.32. The van der Waals surface area contributed by atoms with Gasteiger partial charge in [0.2, 0.25) is 17.7 Å². The van der Waals surface area contributed by atoms with Gasteiger partial charge in [0.05, 0.1) is 5.52 Å². The van der Waals surface area contributed by atoms with Gasteiger partial charge in [-0.1, -0.05) is 80.5 Å². The number of hydrogen-bond acceptors (Lipinski definition) is 9. The second-order valence-corrected chi connectivity index (χ2v) is 16.3. The van der Waals surface area contributed by atoms with Crippen molar-refractivity contribution in [1.82, 2.24) is 35.3 Å². The molecule has 3 aromatic heterocycles. The Morgan fingerprint density at radius 3 is 2.37 bits per heavy atom. The molecule has 2 aliphatic rings. The lowest BCUT2D eigenvalue weighted by Crippen LogP contribution is -2.47. The first kappa shape index (κ1) is 37.8. The SMILES string of the molecule is Cc1cc(-c2ccnn3cc(-c4ccc(CN5CCC(c6ccc(NC7CCC(=O)NC7=O)cc6)CC5)cc4)cc23)ccc1CNC(=O)c1noc(C(C)(C)C)n1. The van der Waals surface area contributed by atoms with Crippen LogP contribution in [-0.4, -0.2) is 61.5 Å². The van der Waals surface area contributed by atoms with Crippen LogP contribution in [0.2, 0.25) is 0 Å². The molecule has 0 radical (unpaired) electrons. The van der Waals surface area contributed by atoms with Gasteiger partial charge in [-0.05, 0) is 103 Å². The number of hydrogen-bond donors (Lipinski definition) is 3. The van der Waals surface area contributed by atoms with Crippen molar-refractivity contribution in [1.29, 1.82) is 0 Å². The summed E-state index contributed by atoms with van der Waals surface area (Å²) in [6.07, 6.45) is 6.99. The van der Waals surface area contributed by atoms with Crippen LogP contribution in [0, 0.1) is 6.92 Å². The number of likely N-dealkylation sites (tertiary alicyclic amines) is 1. The van der Waals surface area contributed by atoms with Crippen molar-refractivity contribution in [3.8, 4) is 22.3 Å². The normalized spacial score (nSPS) is 16.8. The maximum atomic E-state index is 12.7. The molecule has 0 spiro atoms. The summed E-state index contributed by atoms with van der Waals surface area (Å²) >= 11 is 0. The van der Waals surface area contributed by atoms with Crippen LogP contribution in [0.15, 0.2) is 95.8 Å². The standard InChI is InChI=1S/C45H48N8O4/c1-28-23-33(9-10-34(28)25-46-43(56)41-50-44(57-51-41)45(2,3)4)37-17-20-47-53-27-35(24-39(37)53)31-7-5-29(6-8-31)26-52-21-18-32(19-22-52)30-11-13-36(14-12-30)48-38-15-16-40(54)49-42(38)55/h5-14,17,20,23-24,27,32,38,48H,15-16,18-19,21-22,25-26H2,1-4H3,(H,46,56)(H,49,54,55). The van der Waals surface area contributed by atoms with Crippen molar-refractivity contribution in [2.45, 2.75) is 83.8 Å². The fraction of sp³-hybridized carbons (Fsp3) is 0.333. The van der Waals surface area contributed by atoms with Crippen LogP contribution < -0.4 is 16.0 Å². The van der Waals surface area contributed by atoms with E-state index in [0.29, 0.717) is 31.2 Å². The molecule has 0 aliphatic carbocycles. The van der Waals surface area contributed by atoms with E-state index < -0.39 is 0 Å². The second kappa shape index (κ2) is 15.8. The zero-order valence-electron chi connectivity index (χ0n) is 32.8. The Hall–Kier alpha value is -6.14. The number of benzene rings is 3. The molecule has 8 rings (SSSR count). The molecule has 1 unspecified atom stereocenters. The summed E-state index contributed by atoms with van der Waals surface area (Å²) in [7, 11) is 0. The quantitative estimate of drug-likeness (QED) is 0.124. The Balaban J connectivity index is 0.858. The number of aryl methyl sites for hydroxylation is 1. The van der Waals surface area contributed by atoms with Gasteiger partial charge >= 0.3 is 0 Å². The van der Waals surface area contributed by atoms with Gasteiger partial charge in [0.1, 0.15) is 6.04 Å². The zero-order chi connectivity index (χ0) is 39.7. The molecule has 292 valence electrons. The van der Waals surface area contributed by atoms with E-state index in [2.05, 4.69) is 96.9 Å². The van der Waals surface area contributed by atoms with Crippen LogP contribution in [0.1, 0.15) is 91.1 Å². The summed E-state index contributed by atoms with van der Waals surface area (Å²) in [5.74, 6) is 0.147. The molecule has 3 aromatic carbocycles. The first-order valence-electron chi connectivity index (χ1n) is 19.7. The minimum absolute atomic E-state index is 0.0348. The van der Waals surface area contributed by atoms with Crippen molar-refractivity contribution in [2.75, 3.05) is 18.4 Å². The molecule has 0 saturated carbocycles. The molecule has 57 heavy (non-hydrogen) atoms. The van der Waals surface area contributed by atoms with Gasteiger partial charge in [0.15, 0.2) is 0 Å². The highest BCUT2D eigenvalue weighted by Gasteiger charge is 2.27. The number of nitrogens with zero attached hydrogens (tertiary/aromatic N) is 5. The Labute approximate surface area is 332 Å². The van der Waals surface area contributed by atoms with Gasteiger partial charge < -0.3 is 15.2 Å². The summed E-state index contributed by atoms with van der Waals surface area (Å²) < 4.78 is 7.22. The van der Waals surface area contributed by atoms with E-state index in [1.165, 1.54) is 11.1 Å². The highest BCUT2D eigenvalue weighted by molar-refractivity contribution is 6.01. The van der Waals surface area contributed by atoms with Crippen molar-refractivity contribution < 1.29 is 18.9 Å². The Kier molecular flexibility index (Phi) is 10.5. The molecule has 2 fully saturated rings. The Bertz CT molecular complexity index is 2420. The third-order valence-electron chi connectivity index (χ3n) is 11.1. The topological polar surface area (TPSA) is 147 Å². The summed E-state index contributed by atoms with van der Waals surface area (Å²) in [5.41, 5.74) is 10.7. The van der Waals surface area contributed by atoms with Gasteiger partial charge in [0, 0.05) is 54.1 Å². The molecule has 5 heterocycles.